The second-order valence-corrected chi connectivity index (χ2v) is 8.09. The molecule has 3 heteroatoms. The van der Waals surface area contributed by atoms with E-state index in [0.29, 0.717) is 18.1 Å². The monoisotopic (exact) mass is 374 g/mol. The second kappa shape index (κ2) is 9.52. The smallest absolute Gasteiger partial charge is 0.200 e. The summed E-state index contributed by atoms with van der Waals surface area (Å²) in [6, 6.07) is 3.24. The molecule has 2 aliphatic carbocycles. The fraction of sp³-hybridized carbons (Fsp3) is 0.583. The molecule has 0 N–H and O–H groups in total. The minimum atomic E-state index is -0.859. The van der Waals surface area contributed by atoms with Crippen LogP contribution in [0.15, 0.2) is 36.9 Å². The normalized spacial score (nSPS) is 28.1. The van der Waals surface area contributed by atoms with E-state index in [1.54, 1.807) is 19.1 Å². The zero-order valence-corrected chi connectivity index (χ0v) is 16.4. The van der Waals surface area contributed by atoms with E-state index in [1.807, 2.05) is 6.08 Å². The van der Waals surface area contributed by atoms with Crippen LogP contribution in [0.25, 0.3) is 0 Å². The van der Waals surface area contributed by atoms with Crippen LogP contribution in [0.5, 0.6) is 5.75 Å². The first-order chi connectivity index (χ1) is 13.1. The molecule has 2 atom stereocenters. The minimum absolute atomic E-state index is 0.00429. The largest absolute Gasteiger partial charge is 0.491 e. The van der Waals surface area contributed by atoms with Gasteiger partial charge in [0.05, 0.1) is 6.61 Å². The van der Waals surface area contributed by atoms with Crippen molar-refractivity contribution in [3.8, 4) is 5.75 Å². The molecule has 0 saturated heterocycles. The number of allylic oxidation sites excluding steroid dienone is 3. The minimum Gasteiger partial charge on any atom is -0.491 e. The molecule has 1 nitrogen and oxygen atoms in total. The number of benzene rings is 1. The molecule has 0 bridgehead atoms. The summed E-state index contributed by atoms with van der Waals surface area (Å²) >= 11 is 0. The molecule has 1 aromatic rings. The molecule has 27 heavy (non-hydrogen) atoms. The van der Waals surface area contributed by atoms with Crippen LogP contribution >= 0.6 is 0 Å². The Morgan fingerprint density at radius 1 is 1.04 bits per heavy atom. The predicted molar refractivity (Wildman–Crippen MR) is 107 cm³/mol. The van der Waals surface area contributed by atoms with Gasteiger partial charge in [-0.05, 0) is 74.8 Å². The van der Waals surface area contributed by atoms with E-state index < -0.39 is 11.6 Å². The number of halogens is 2. The molecule has 0 heterocycles. The average molecular weight is 375 g/mol. The van der Waals surface area contributed by atoms with E-state index in [4.69, 9.17) is 4.74 Å². The summed E-state index contributed by atoms with van der Waals surface area (Å²) in [4.78, 5) is 0. The Hall–Kier alpha value is -1.64. The van der Waals surface area contributed by atoms with E-state index in [0.717, 1.165) is 31.1 Å². The van der Waals surface area contributed by atoms with Crippen molar-refractivity contribution in [2.24, 2.45) is 17.8 Å². The lowest BCUT2D eigenvalue weighted by Crippen LogP contribution is -2.23. The van der Waals surface area contributed by atoms with Gasteiger partial charge >= 0.3 is 0 Å². The van der Waals surface area contributed by atoms with Gasteiger partial charge in [-0.25, -0.2) is 4.39 Å². The van der Waals surface area contributed by atoms with Gasteiger partial charge in [0.2, 0.25) is 5.82 Å². The Labute approximate surface area is 162 Å². The van der Waals surface area contributed by atoms with Gasteiger partial charge in [0, 0.05) is 5.92 Å². The highest BCUT2D eigenvalue weighted by molar-refractivity contribution is 5.35. The van der Waals surface area contributed by atoms with Crippen molar-refractivity contribution in [2.45, 2.75) is 64.2 Å². The van der Waals surface area contributed by atoms with Crippen molar-refractivity contribution in [1.82, 2.24) is 0 Å². The molecule has 2 aliphatic rings. The molecule has 0 aliphatic heterocycles. The Bertz CT molecular complexity index is 659. The van der Waals surface area contributed by atoms with Crippen LogP contribution < -0.4 is 4.74 Å². The van der Waals surface area contributed by atoms with Crippen LogP contribution in [0.4, 0.5) is 8.78 Å². The third-order valence-corrected chi connectivity index (χ3v) is 6.45. The molecule has 1 fully saturated rings. The first-order valence-corrected chi connectivity index (χ1v) is 10.5. The van der Waals surface area contributed by atoms with Crippen molar-refractivity contribution in [1.29, 1.82) is 0 Å². The van der Waals surface area contributed by atoms with Crippen molar-refractivity contribution < 1.29 is 13.5 Å². The summed E-state index contributed by atoms with van der Waals surface area (Å²) in [5, 5.41) is 0. The van der Waals surface area contributed by atoms with Crippen molar-refractivity contribution in [3.05, 3.63) is 54.1 Å². The second-order valence-electron chi connectivity index (χ2n) is 8.09. The van der Waals surface area contributed by atoms with E-state index in [-0.39, 0.29) is 11.7 Å². The zero-order valence-electron chi connectivity index (χ0n) is 16.4. The lowest BCUT2D eigenvalue weighted by Gasteiger charge is -2.35. The molecule has 1 aromatic carbocycles. The fourth-order valence-corrected chi connectivity index (χ4v) is 4.85. The van der Waals surface area contributed by atoms with E-state index in [9.17, 15) is 8.78 Å². The number of hydrogen-bond acceptors (Lipinski definition) is 1. The Balaban J connectivity index is 1.59. The summed E-state index contributed by atoms with van der Waals surface area (Å²) in [7, 11) is 0. The van der Waals surface area contributed by atoms with Gasteiger partial charge < -0.3 is 4.74 Å². The standard InChI is InChI=1S/C24H32F2O/c1-3-5-6-17-7-9-18(10-8-17)19-11-13-20(14-12-19)21-15-16-22(27-4-2)24(26)23(21)25/h3,11,13,15-20H,1,4-10,12,14H2,2H3. The Kier molecular flexibility index (Phi) is 7.09. The van der Waals surface area contributed by atoms with Gasteiger partial charge in [-0.1, -0.05) is 37.1 Å². The van der Waals surface area contributed by atoms with Gasteiger partial charge in [-0.2, -0.15) is 4.39 Å². The third-order valence-electron chi connectivity index (χ3n) is 6.45. The first kappa shape index (κ1) is 20.1. The average Bonchev–Trinajstić information content (AvgIpc) is 2.71. The number of hydrogen-bond donors (Lipinski definition) is 0. The predicted octanol–water partition coefficient (Wildman–Crippen LogP) is 7.19. The maximum Gasteiger partial charge on any atom is 0.200 e. The summed E-state index contributed by atoms with van der Waals surface area (Å²) < 4.78 is 33.8. The van der Waals surface area contributed by atoms with Gasteiger partial charge in [-0.15, -0.1) is 6.58 Å². The maximum absolute atomic E-state index is 14.5. The molecular weight excluding hydrogens is 342 g/mol. The van der Waals surface area contributed by atoms with E-state index in [2.05, 4.69) is 18.7 Å². The summed E-state index contributed by atoms with van der Waals surface area (Å²) in [6.45, 7) is 5.92. The quantitative estimate of drug-likeness (QED) is 0.459. The van der Waals surface area contributed by atoms with E-state index in [1.165, 1.54) is 32.1 Å². The lowest BCUT2D eigenvalue weighted by atomic mass is 9.70. The fourth-order valence-electron chi connectivity index (χ4n) is 4.85. The van der Waals surface area contributed by atoms with E-state index >= 15 is 0 Å². The van der Waals surface area contributed by atoms with Crippen LogP contribution in [-0.4, -0.2) is 6.61 Å². The van der Waals surface area contributed by atoms with Crippen LogP contribution in [0, 0.1) is 29.4 Å². The Morgan fingerprint density at radius 3 is 2.44 bits per heavy atom. The van der Waals surface area contributed by atoms with Crippen LogP contribution in [0.2, 0.25) is 0 Å². The number of ether oxygens (including phenoxy) is 1. The summed E-state index contributed by atoms with van der Waals surface area (Å²) in [5.41, 5.74) is 0.457. The van der Waals surface area contributed by atoms with Gasteiger partial charge in [0.1, 0.15) is 0 Å². The molecule has 2 unspecified atom stereocenters. The molecule has 0 aromatic heterocycles. The molecule has 1 saturated carbocycles. The highest BCUT2D eigenvalue weighted by atomic mass is 19.2. The van der Waals surface area contributed by atoms with Crippen molar-refractivity contribution >= 4 is 0 Å². The van der Waals surface area contributed by atoms with Crippen LogP contribution in [-0.2, 0) is 0 Å². The van der Waals surface area contributed by atoms with Crippen LogP contribution in [0.1, 0.15) is 69.8 Å². The van der Waals surface area contributed by atoms with Crippen molar-refractivity contribution in [2.75, 3.05) is 6.61 Å². The van der Waals surface area contributed by atoms with Gasteiger partial charge in [0.15, 0.2) is 11.6 Å². The molecule has 3 rings (SSSR count). The Morgan fingerprint density at radius 2 is 1.81 bits per heavy atom. The molecule has 0 amide bonds. The highest BCUT2D eigenvalue weighted by Gasteiger charge is 2.29. The molecule has 0 spiro atoms. The topological polar surface area (TPSA) is 9.23 Å². The van der Waals surface area contributed by atoms with Gasteiger partial charge in [-0.3, -0.25) is 0 Å². The number of rotatable bonds is 7. The molecule has 0 radical (unpaired) electrons. The summed E-state index contributed by atoms with van der Waals surface area (Å²) in [5.74, 6) is 0.571. The lowest BCUT2D eigenvalue weighted by molar-refractivity contribution is 0.210. The maximum atomic E-state index is 14.5. The van der Waals surface area contributed by atoms with Crippen LogP contribution in [0.3, 0.4) is 0 Å². The van der Waals surface area contributed by atoms with Gasteiger partial charge in [0.25, 0.3) is 0 Å². The molecular formula is C24H32F2O. The highest BCUT2D eigenvalue weighted by Crippen LogP contribution is 2.42. The first-order valence-electron chi connectivity index (χ1n) is 10.5. The van der Waals surface area contributed by atoms with Crippen molar-refractivity contribution in [3.63, 3.8) is 0 Å². The third kappa shape index (κ3) is 4.80. The zero-order chi connectivity index (χ0) is 19.2. The summed E-state index contributed by atoms with van der Waals surface area (Å²) in [6.07, 6.45) is 16.0. The SMILES string of the molecule is C=CCCC1CCC(C2C=CC(c3ccc(OCC)c(F)c3F)CC2)CC1. The molecule has 148 valence electrons.